The number of carbonyl (C=O) groups excluding carboxylic acids is 1. The first-order valence-electron chi connectivity index (χ1n) is 10.4. The quantitative estimate of drug-likeness (QED) is 0.385. The lowest BCUT2D eigenvalue weighted by Crippen LogP contribution is -2.30. The summed E-state index contributed by atoms with van der Waals surface area (Å²) in [6.07, 6.45) is 0. The number of anilines is 1. The molecule has 0 atom stereocenters. The Balaban J connectivity index is 1.83. The van der Waals surface area contributed by atoms with Gasteiger partial charge in [0.15, 0.2) is 10.8 Å². The highest BCUT2D eigenvalue weighted by molar-refractivity contribution is 7.22. The second kappa shape index (κ2) is 9.00. The first-order valence-corrected chi connectivity index (χ1v) is 11.2. The lowest BCUT2D eigenvalue weighted by Gasteiger charge is -2.19. The number of aromatic nitrogens is 3. The molecule has 2 aromatic heterocycles. The van der Waals surface area contributed by atoms with Gasteiger partial charge >= 0.3 is 0 Å². The number of rotatable bonds is 7. The number of ether oxygens (including phenoxy) is 2. The molecule has 8 heteroatoms. The van der Waals surface area contributed by atoms with E-state index in [-0.39, 0.29) is 11.9 Å². The molecule has 4 aromatic rings. The Morgan fingerprint density at radius 2 is 1.78 bits per heavy atom. The van der Waals surface area contributed by atoms with Gasteiger partial charge in [0.1, 0.15) is 21.7 Å². The van der Waals surface area contributed by atoms with E-state index in [2.05, 4.69) is 5.10 Å². The zero-order valence-corrected chi connectivity index (χ0v) is 19.6. The maximum atomic E-state index is 13.7. The van der Waals surface area contributed by atoms with Crippen molar-refractivity contribution < 1.29 is 14.3 Å². The zero-order valence-electron chi connectivity index (χ0n) is 18.8. The van der Waals surface area contributed by atoms with E-state index in [1.807, 2.05) is 74.0 Å². The molecule has 2 heterocycles. The molecule has 7 nitrogen and oxygen atoms in total. The van der Waals surface area contributed by atoms with Gasteiger partial charge in [0.05, 0.1) is 20.8 Å². The molecule has 0 fully saturated rings. The number of hydrogen-bond acceptors (Lipinski definition) is 6. The van der Waals surface area contributed by atoms with Crippen LogP contribution in [0.1, 0.15) is 41.6 Å². The van der Waals surface area contributed by atoms with Gasteiger partial charge in [-0.05, 0) is 44.5 Å². The second-order valence-electron chi connectivity index (χ2n) is 7.73. The van der Waals surface area contributed by atoms with E-state index in [4.69, 9.17) is 14.5 Å². The molecule has 166 valence electrons. The van der Waals surface area contributed by atoms with Crippen molar-refractivity contribution in [2.45, 2.75) is 33.4 Å². The normalized spacial score (nSPS) is 11.2. The van der Waals surface area contributed by atoms with Crippen molar-refractivity contribution in [2.75, 3.05) is 19.1 Å². The molecule has 0 unspecified atom stereocenters. The number of benzene rings is 2. The summed E-state index contributed by atoms with van der Waals surface area (Å²) in [5.74, 6) is 1.13. The van der Waals surface area contributed by atoms with Gasteiger partial charge in [-0.15, -0.1) is 0 Å². The summed E-state index contributed by atoms with van der Waals surface area (Å²) in [6, 6.07) is 15.5. The lowest BCUT2D eigenvalue weighted by molar-refractivity contribution is 0.0979. The van der Waals surface area contributed by atoms with Gasteiger partial charge < -0.3 is 9.47 Å². The topological polar surface area (TPSA) is 69.5 Å². The van der Waals surface area contributed by atoms with E-state index in [1.165, 1.54) is 11.3 Å². The Bertz CT molecular complexity index is 1210. The third-order valence-electron chi connectivity index (χ3n) is 5.19. The van der Waals surface area contributed by atoms with Gasteiger partial charge in [0.25, 0.3) is 5.91 Å². The maximum Gasteiger partial charge on any atom is 0.280 e. The van der Waals surface area contributed by atoms with E-state index in [9.17, 15) is 4.79 Å². The minimum absolute atomic E-state index is 0.162. The van der Waals surface area contributed by atoms with Gasteiger partial charge in [-0.1, -0.05) is 41.7 Å². The molecule has 0 aliphatic heterocycles. The zero-order chi connectivity index (χ0) is 22.8. The molecule has 0 N–H and O–H groups in total. The Morgan fingerprint density at radius 3 is 2.41 bits per heavy atom. The summed E-state index contributed by atoms with van der Waals surface area (Å²) < 4.78 is 13.7. The van der Waals surface area contributed by atoms with Crippen LogP contribution in [0.15, 0.2) is 48.5 Å². The summed E-state index contributed by atoms with van der Waals surface area (Å²) in [4.78, 5) is 20.1. The van der Waals surface area contributed by atoms with E-state index < -0.39 is 0 Å². The van der Waals surface area contributed by atoms with Crippen LogP contribution in [0.3, 0.4) is 0 Å². The Hall–Kier alpha value is -3.39. The maximum absolute atomic E-state index is 13.7. The predicted molar refractivity (Wildman–Crippen MR) is 127 cm³/mol. The van der Waals surface area contributed by atoms with E-state index >= 15 is 0 Å². The molecule has 1 amide bonds. The fourth-order valence-corrected chi connectivity index (χ4v) is 4.71. The van der Waals surface area contributed by atoms with Gasteiger partial charge in [-0.25, -0.2) is 4.98 Å². The Kier molecular flexibility index (Phi) is 6.14. The number of carbonyl (C=O) groups is 1. The van der Waals surface area contributed by atoms with Crippen LogP contribution >= 0.6 is 11.3 Å². The van der Waals surface area contributed by atoms with Gasteiger partial charge in [-0.3, -0.25) is 14.4 Å². The van der Waals surface area contributed by atoms with Crippen molar-refractivity contribution in [3.8, 4) is 11.5 Å². The number of fused-ring (bicyclic) bond motifs is 1. The van der Waals surface area contributed by atoms with Crippen molar-refractivity contribution in [3.63, 3.8) is 0 Å². The first-order chi connectivity index (χ1) is 15.4. The summed E-state index contributed by atoms with van der Waals surface area (Å²) >= 11 is 1.40. The monoisotopic (exact) mass is 450 g/mol. The third-order valence-corrected chi connectivity index (χ3v) is 6.28. The standard InChI is InChI=1S/C24H26N4O3S/c1-15(2)28-16(3)13-18(26-28)23(29)27(14-17-9-7-6-8-10-17)24-25-21-19(30-4)11-12-20(31-5)22(21)32-24/h6-13,15H,14H2,1-5H3. The van der Waals surface area contributed by atoms with Crippen LogP contribution in [0.5, 0.6) is 11.5 Å². The van der Waals surface area contributed by atoms with E-state index in [1.54, 1.807) is 19.1 Å². The SMILES string of the molecule is COc1ccc(OC)c2sc(N(Cc3ccccc3)C(=O)c3cc(C)n(C(C)C)n3)nc12. The summed E-state index contributed by atoms with van der Waals surface area (Å²) in [6.45, 7) is 6.42. The largest absolute Gasteiger partial charge is 0.495 e. The number of thiazole rings is 1. The first kappa shape index (κ1) is 21.8. The number of methoxy groups -OCH3 is 2. The summed E-state index contributed by atoms with van der Waals surface area (Å²) in [5.41, 5.74) is 3.00. The average Bonchev–Trinajstić information content (AvgIpc) is 3.41. The molecule has 0 bridgehead atoms. The smallest absolute Gasteiger partial charge is 0.280 e. The molecule has 0 spiro atoms. The van der Waals surface area contributed by atoms with E-state index in [0.717, 1.165) is 16.0 Å². The second-order valence-corrected chi connectivity index (χ2v) is 8.71. The van der Waals surface area contributed by atoms with Crippen LogP contribution < -0.4 is 14.4 Å². The van der Waals surface area contributed by atoms with Crippen molar-refractivity contribution >= 4 is 32.6 Å². The molecule has 0 aliphatic rings. The van der Waals surface area contributed by atoms with Crippen LogP contribution in [0.2, 0.25) is 0 Å². The lowest BCUT2D eigenvalue weighted by atomic mass is 10.2. The number of aryl methyl sites for hydroxylation is 1. The number of amides is 1. The van der Waals surface area contributed by atoms with Gasteiger partial charge in [-0.2, -0.15) is 5.10 Å². The van der Waals surface area contributed by atoms with Gasteiger partial charge in [0.2, 0.25) is 0 Å². The summed E-state index contributed by atoms with van der Waals surface area (Å²) in [5, 5.41) is 5.13. The fraction of sp³-hybridized carbons (Fsp3) is 0.292. The fourth-order valence-electron chi connectivity index (χ4n) is 3.64. The molecule has 0 saturated heterocycles. The molecule has 0 saturated carbocycles. The summed E-state index contributed by atoms with van der Waals surface area (Å²) in [7, 11) is 3.23. The van der Waals surface area contributed by atoms with Crippen LogP contribution in [-0.4, -0.2) is 34.9 Å². The predicted octanol–water partition coefficient (Wildman–Crippen LogP) is 5.25. The Morgan fingerprint density at radius 1 is 1.09 bits per heavy atom. The highest BCUT2D eigenvalue weighted by Gasteiger charge is 2.26. The molecule has 4 rings (SSSR count). The molecular formula is C24H26N4O3S. The molecule has 32 heavy (non-hydrogen) atoms. The molecule has 0 radical (unpaired) electrons. The molecule has 2 aromatic carbocycles. The van der Waals surface area contributed by atoms with Crippen molar-refractivity contribution in [1.82, 2.24) is 14.8 Å². The van der Waals surface area contributed by atoms with Crippen molar-refractivity contribution in [3.05, 3.63) is 65.5 Å². The highest BCUT2D eigenvalue weighted by Crippen LogP contribution is 2.40. The van der Waals surface area contributed by atoms with Crippen LogP contribution in [0.25, 0.3) is 10.2 Å². The van der Waals surface area contributed by atoms with Crippen LogP contribution in [0, 0.1) is 6.92 Å². The van der Waals surface area contributed by atoms with Gasteiger partial charge in [0, 0.05) is 11.7 Å². The number of hydrogen-bond donors (Lipinski definition) is 0. The molecule has 0 aliphatic carbocycles. The average molecular weight is 451 g/mol. The Labute approximate surface area is 191 Å². The minimum atomic E-state index is -0.201. The highest BCUT2D eigenvalue weighted by atomic mass is 32.1. The van der Waals surface area contributed by atoms with Crippen LogP contribution in [-0.2, 0) is 6.54 Å². The van der Waals surface area contributed by atoms with Crippen molar-refractivity contribution in [1.29, 1.82) is 0 Å². The van der Waals surface area contributed by atoms with Crippen LogP contribution in [0.4, 0.5) is 5.13 Å². The number of nitrogens with zero attached hydrogens (tertiary/aromatic N) is 4. The minimum Gasteiger partial charge on any atom is -0.495 e. The van der Waals surface area contributed by atoms with Crippen molar-refractivity contribution in [2.24, 2.45) is 0 Å². The third kappa shape index (κ3) is 4.05. The molecular weight excluding hydrogens is 424 g/mol. The van der Waals surface area contributed by atoms with E-state index in [0.29, 0.717) is 34.4 Å².